The first-order valence-electron chi connectivity index (χ1n) is 12.6. The Balaban J connectivity index is 1.42. The third-order valence-corrected chi connectivity index (χ3v) is 6.62. The summed E-state index contributed by atoms with van der Waals surface area (Å²) in [6.45, 7) is 2.75. The Labute approximate surface area is 210 Å². The summed E-state index contributed by atoms with van der Waals surface area (Å²) in [5.41, 5.74) is 3.25. The monoisotopic (exact) mass is 498 g/mol. The predicted molar refractivity (Wildman–Crippen MR) is 141 cm³/mol. The summed E-state index contributed by atoms with van der Waals surface area (Å²) in [5, 5.41) is 5.87. The first-order chi connectivity index (χ1) is 17.2. The Hall–Kier alpha value is -3.29. The Morgan fingerprint density at radius 3 is 2.61 bits per heavy atom. The van der Waals surface area contributed by atoms with E-state index in [1.807, 2.05) is 24.3 Å². The Kier molecular flexibility index (Phi) is 8.01. The van der Waals surface area contributed by atoms with Crippen LogP contribution in [0.3, 0.4) is 0 Å². The van der Waals surface area contributed by atoms with E-state index in [2.05, 4.69) is 22.5 Å². The molecule has 0 saturated heterocycles. The molecule has 2 aliphatic rings. The standard InChI is InChI=1S/C28H33F3N4O/c1-3-4-5-6-7-8-15-35(2)25-13-10-21(18-22(25)28(29,30)31)32-26-14-12-23(33-26)19-9-11-24-20(16-19)17-27(36)34-24/h9-13,16,18H,3-8,14-15,17H2,1-2H3,(H,32,33)(H,34,36). The van der Waals surface area contributed by atoms with Gasteiger partial charge < -0.3 is 15.5 Å². The van der Waals surface area contributed by atoms with Crippen molar-refractivity contribution in [2.24, 2.45) is 4.99 Å². The summed E-state index contributed by atoms with van der Waals surface area (Å²) in [4.78, 5) is 17.9. The van der Waals surface area contributed by atoms with E-state index in [0.717, 1.165) is 41.8 Å². The maximum absolute atomic E-state index is 13.9. The fourth-order valence-electron chi connectivity index (χ4n) is 4.67. The highest BCUT2D eigenvalue weighted by atomic mass is 19.4. The van der Waals surface area contributed by atoms with Gasteiger partial charge in [0, 0.05) is 42.6 Å². The zero-order valence-electron chi connectivity index (χ0n) is 20.8. The summed E-state index contributed by atoms with van der Waals surface area (Å²) in [7, 11) is 1.72. The molecule has 5 nitrogen and oxygen atoms in total. The number of benzene rings is 2. The molecular weight excluding hydrogens is 465 g/mol. The van der Waals surface area contributed by atoms with Crippen molar-refractivity contribution >= 4 is 34.5 Å². The number of carbonyl (C=O) groups excluding carboxylic acids is 1. The number of amidine groups is 1. The molecule has 192 valence electrons. The normalized spacial score (nSPS) is 14.9. The van der Waals surface area contributed by atoms with Gasteiger partial charge in [-0.15, -0.1) is 0 Å². The summed E-state index contributed by atoms with van der Waals surface area (Å²) in [6, 6.07) is 10.1. The number of hydrogen-bond donors (Lipinski definition) is 2. The zero-order valence-corrected chi connectivity index (χ0v) is 20.8. The first-order valence-corrected chi connectivity index (χ1v) is 12.6. The van der Waals surface area contributed by atoms with Crippen molar-refractivity contribution in [2.45, 2.75) is 64.5 Å². The average molecular weight is 499 g/mol. The third-order valence-electron chi connectivity index (χ3n) is 6.62. The molecule has 0 aromatic heterocycles. The number of carbonyl (C=O) groups is 1. The maximum atomic E-state index is 13.9. The van der Waals surface area contributed by atoms with E-state index in [9.17, 15) is 18.0 Å². The van der Waals surface area contributed by atoms with E-state index in [1.54, 1.807) is 18.0 Å². The number of aliphatic imine (C=N–C) groups is 1. The van der Waals surface area contributed by atoms with Crippen molar-refractivity contribution in [1.29, 1.82) is 0 Å². The van der Waals surface area contributed by atoms with Crippen molar-refractivity contribution < 1.29 is 18.0 Å². The molecule has 0 atom stereocenters. The number of alkyl halides is 3. The Bertz CT molecular complexity index is 1170. The van der Waals surface area contributed by atoms with Crippen molar-refractivity contribution in [1.82, 2.24) is 0 Å². The number of amides is 1. The van der Waals surface area contributed by atoms with Crippen LogP contribution in [0.5, 0.6) is 0 Å². The van der Waals surface area contributed by atoms with Gasteiger partial charge in [0.1, 0.15) is 5.84 Å². The van der Waals surface area contributed by atoms with Crippen LogP contribution in [0.4, 0.5) is 30.2 Å². The van der Waals surface area contributed by atoms with Gasteiger partial charge in [-0.1, -0.05) is 51.2 Å². The number of unbranched alkanes of at least 4 members (excludes halogenated alkanes) is 5. The molecular formula is C28H33F3N4O. The molecule has 2 aromatic carbocycles. The van der Waals surface area contributed by atoms with E-state index in [1.165, 1.54) is 31.4 Å². The SMILES string of the molecule is CCCCCCCCN(C)c1ccc(NC2=NC(c3ccc4c(c3)CC(=O)N4)=CC2)cc1C(F)(F)F. The van der Waals surface area contributed by atoms with Gasteiger partial charge in [-0.25, -0.2) is 4.99 Å². The molecule has 0 bridgehead atoms. The quantitative estimate of drug-likeness (QED) is 0.339. The fourth-order valence-corrected chi connectivity index (χ4v) is 4.67. The van der Waals surface area contributed by atoms with Gasteiger partial charge in [0.25, 0.3) is 0 Å². The molecule has 2 heterocycles. The van der Waals surface area contributed by atoms with E-state index in [4.69, 9.17) is 0 Å². The second-order valence-corrected chi connectivity index (χ2v) is 9.49. The van der Waals surface area contributed by atoms with Crippen molar-refractivity contribution in [3.05, 3.63) is 59.2 Å². The van der Waals surface area contributed by atoms with Gasteiger partial charge in [0.2, 0.25) is 5.91 Å². The van der Waals surface area contributed by atoms with Crippen LogP contribution in [0.25, 0.3) is 5.70 Å². The zero-order chi connectivity index (χ0) is 25.7. The molecule has 0 saturated carbocycles. The molecule has 0 radical (unpaired) electrons. The second kappa shape index (κ2) is 11.2. The van der Waals surface area contributed by atoms with Crippen molar-refractivity contribution in [3.63, 3.8) is 0 Å². The molecule has 2 aliphatic heterocycles. The van der Waals surface area contributed by atoms with Crippen LogP contribution in [-0.4, -0.2) is 25.3 Å². The van der Waals surface area contributed by atoms with E-state index in [-0.39, 0.29) is 11.6 Å². The summed E-state index contributed by atoms with van der Waals surface area (Å²) in [5.74, 6) is 0.552. The Morgan fingerprint density at radius 1 is 1.06 bits per heavy atom. The molecule has 0 unspecified atom stereocenters. The van der Waals surface area contributed by atoms with E-state index >= 15 is 0 Å². The van der Waals surface area contributed by atoms with Crippen LogP contribution in [0, 0.1) is 0 Å². The minimum Gasteiger partial charge on any atom is -0.374 e. The smallest absolute Gasteiger partial charge is 0.374 e. The van der Waals surface area contributed by atoms with Gasteiger partial charge in [0.15, 0.2) is 0 Å². The highest BCUT2D eigenvalue weighted by molar-refractivity contribution is 6.04. The number of hydrogen-bond acceptors (Lipinski definition) is 4. The molecule has 36 heavy (non-hydrogen) atoms. The molecule has 8 heteroatoms. The second-order valence-electron chi connectivity index (χ2n) is 9.49. The van der Waals surface area contributed by atoms with E-state index in [0.29, 0.717) is 30.9 Å². The molecule has 1 amide bonds. The van der Waals surface area contributed by atoms with Crippen molar-refractivity contribution in [3.8, 4) is 0 Å². The topological polar surface area (TPSA) is 56.7 Å². The van der Waals surface area contributed by atoms with Gasteiger partial charge in [-0.05, 0) is 42.3 Å². The van der Waals surface area contributed by atoms with Gasteiger partial charge in [0.05, 0.1) is 17.7 Å². The highest BCUT2D eigenvalue weighted by Gasteiger charge is 2.35. The maximum Gasteiger partial charge on any atom is 0.418 e. The summed E-state index contributed by atoms with van der Waals surface area (Å²) >= 11 is 0. The first kappa shape index (κ1) is 25.8. The summed E-state index contributed by atoms with van der Waals surface area (Å²) in [6.07, 6.45) is 4.88. The van der Waals surface area contributed by atoms with Crippen LogP contribution in [0.15, 0.2) is 47.5 Å². The van der Waals surface area contributed by atoms with Crippen LogP contribution in [0.1, 0.15) is 68.6 Å². The molecule has 2 N–H and O–H groups in total. The van der Waals surface area contributed by atoms with Gasteiger partial charge in [-0.2, -0.15) is 13.2 Å². The largest absolute Gasteiger partial charge is 0.418 e. The number of nitrogens with one attached hydrogen (secondary N) is 2. The minimum atomic E-state index is -4.46. The van der Waals surface area contributed by atoms with Crippen LogP contribution >= 0.6 is 0 Å². The lowest BCUT2D eigenvalue weighted by Crippen LogP contribution is -2.23. The number of nitrogens with zero attached hydrogens (tertiary/aromatic N) is 2. The average Bonchev–Trinajstić information content (AvgIpc) is 3.45. The molecule has 0 spiro atoms. The molecule has 0 aliphatic carbocycles. The van der Waals surface area contributed by atoms with E-state index < -0.39 is 11.7 Å². The van der Waals surface area contributed by atoms with Crippen LogP contribution in [-0.2, 0) is 17.4 Å². The predicted octanol–water partition coefficient (Wildman–Crippen LogP) is 7.25. The van der Waals surface area contributed by atoms with Gasteiger partial charge >= 0.3 is 6.18 Å². The molecule has 4 rings (SSSR count). The lowest BCUT2D eigenvalue weighted by molar-refractivity contribution is -0.137. The lowest BCUT2D eigenvalue weighted by atomic mass is 10.1. The van der Waals surface area contributed by atoms with Crippen molar-refractivity contribution in [2.75, 3.05) is 29.1 Å². The molecule has 2 aromatic rings. The third kappa shape index (κ3) is 6.28. The minimum absolute atomic E-state index is 0.0325. The fraction of sp³-hybridized carbons (Fsp3) is 0.429. The lowest BCUT2D eigenvalue weighted by Gasteiger charge is -2.24. The Morgan fingerprint density at radius 2 is 1.83 bits per heavy atom. The molecule has 0 fully saturated rings. The van der Waals surface area contributed by atoms with Crippen LogP contribution in [0.2, 0.25) is 0 Å². The number of fused-ring (bicyclic) bond motifs is 1. The highest BCUT2D eigenvalue weighted by Crippen LogP contribution is 2.38. The number of rotatable bonds is 10. The number of halogens is 3. The van der Waals surface area contributed by atoms with Crippen LogP contribution < -0.4 is 15.5 Å². The number of anilines is 3. The summed E-state index contributed by atoms with van der Waals surface area (Å²) < 4.78 is 41.8. The van der Waals surface area contributed by atoms with Gasteiger partial charge in [-0.3, -0.25) is 4.79 Å².